The second-order valence-electron chi connectivity index (χ2n) is 7.19. The Morgan fingerprint density at radius 3 is 2.85 bits per heavy atom. The van der Waals surface area contributed by atoms with Crippen LogP contribution in [-0.2, 0) is 9.53 Å². The van der Waals surface area contributed by atoms with Crippen molar-refractivity contribution in [2.75, 3.05) is 0 Å². The van der Waals surface area contributed by atoms with Crippen LogP contribution in [0, 0.1) is 0 Å². The number of hydrogen-bond donors (Lipinski definition) is 2. The minimum absolute atomic E-state index is 0.0525. The van der Waals surface area contributed by atoms with Crippen LogP contribution in [0.3, 0.4) is 0 Å². The molecule has 4 nitrogen and oxygen atoms in total. The topological polar surface area (TPSA) is 66.8 Å². The molecule has 26 heavy (non-hydrogen) atoms. The third-order valence-corrected chi connectivity index (χ3v) is 5.05. The summed E-state index contributed by atoms with van der Waals surface area (Å²) < 4.78 is 5.89. The van der Waals surface area contributed by atoms with Crippen molar-refractivity contribution in [3.05, 3.63) is 40.9 Å². The minimum atomic E-state index is -1.37. The maximum Gasteiger partial charge on any atom is 0.332 e. The molecule has 4 heteroatoms. The van der Waals surface area contributed by atoms with Crippen molar-refractivity contribution < 1.29 is 19.7 Å². The molecule has 0 aromatic carbocycles. The first-order chi connectivity index (χ1) is 12.6. The molecule has 1 saturated heterocycles. The van der Waals surface area contributed by atoms with Gasteiger partial charge < -0.3 is 14.9 Å². The Bertz CT molecular complexity index is 593. The highest BCUT2D eigenvalue weighted by atomic mass is 16.5. The van der Waals surface area contributed by atoms with E-state index in [2.05, 4.69) is 24.8 Å². The average Bonchev–Trinajstić information content (AvgIpc) is 3.18. The van der Waals surface area contributed by atoms with E-state index in [1.807, 2.05) is 0 Å². The van der Waals surface area contributed by atoms with E-state index in [0.29, 0.717) is 0 Å². The normalized spacial score (nSPS) is 20.2. The number of carboxylic acid groups (broad SMARTS) is 1. The molecule has 0 amide bonds. The second-order valence-corrected chi connectivity index (χ2v) is 7.19. The van der Waals surface area contributed by atoms with Gasteiger partial charge in [-0.15, -0.1) is 0 Å². The van der Waals surface area contributed by atoms with Crippen molar-refractivity contribution in [3.63, 3.8) is 0 Å². The van der Waals surface area contributed by atoms with Gasteiger partial charge in [0.25, 0.3) is 0 Å². The molecule has 2 N–H and O–H groups in total. The second kappa shape index (κ2) is 11.1. The van der Waals surface area contributed by atoms with E-state index >= 15 is 0 Å². The van der Waals surface area contributed by atoms with E-state index in [4.69, 9.17) is 9.84 Å². The van der Waals surface area contributed by atoms with Crippen LogP contribution < -0.4 is 0 Å². The lowest BCUT2D eigenvalue weighted by molar-refractivity contribution is -0.146. The van der Waals surface area contributed by atoms with Crippen LogP contribution in [0.25, 0.3) is 0 Å². The molecule has 2 atom stereocenters. The molecule has 1 fully saturated rings. The Morgan fingerprint density at radius 2 is 2.08 bits per heavy atom. The van der Waals surface area contributed by atoms with Crippen LogP contribution in [0.4, 0.5) is 0 Å². The standard InChI is InChI=1S/C22H32O4/c1-2-3-4-5-6-7-8-9-11-17-14-15-21-19(17)16-18(26-21)12-10-13-20(23)22(24)25/h9-11,20-21,23H,2-8,13-16H2,1H3,(H,24,25)/b11-9+. The Balaban J connectivity index is 1.79. The Labute approximate surface area is 156 Å². The number of carbonyl (C=O) groups is 1. The maximum absolute atomic E-state index is 10.6. The van der Waals surface area contributed by atoms with Gasteiger partial charge in [0.2, 0.25) is 0 Å². The van der Waals surface area contributed by atoms with Crippen LogP contribution in [0.1, 0.15) is 77.6 Å². The predicted octanol–water partition coefficient (Wildman–Crippen LogP) is 5.05. The summed E-state index contributed by atoms with van der Waals surface area (Å²) >= 11 is 0. The highest BCUT2D eigenvalue weighted by molar-refractivity contribution is 5.72. The zero-order chi connectivity index (χ0) is 18.8. The number of hydrogen-bond acceptors (Lipinski definition) is 3. The Morgan fingerprint density at radius 1 is 1.31 bits per heavy atom. The van der Waals surface area contributed by atoms with Crippen molar-refractivity contribution in [3.8, 4) is 0 Å². The highest BCUT2D eigenvalue weighted by Crippen LogP contribution is 2.40. The number of aliphatic hydroxyl groups is 1. The highest BCUT2D eigenvalue weighted by Gasteiger charge is 2.32. The van der Waals surface area contributed by atoms with E-state index in [1.165, 1.54) is 49.7 Å². The molecule has 0 radical (unpaired) electrons. The van der Waals surface area contributed by atoms with Gasteiger partial charge in [-0.1, -0.05) is 56.9 Å². The zero-order valence-electron chi connectivity index (χ0n) is 15.9. The molecular formula is C22H32O4. The largest absolute Gasteiger partial charge is 0.482 e. The fourth-order valence-electron chi connectivity index (χ4n) is 3.50. The fourth-order valence-corrected chi connectivity index (χ4v) is 3.50. The van der Waals surface area contributed by atoms with Gasteiger partial charge in [-0.3, -0.25) is 0 Å². The molecule has 0 spiro atoms. The third-order valence-electron chi connectivity index (χ3n) is 5.05. The molecule has 0 aromatic heterocycles. The van der Waals surface area contributed by atoms with E-state index < -0.39 is 12.1 Å². The van der Waals surface area contributed by atoms with Crippen LogP contribution in [0.5, 0.6) is 0 Å². The Kier molecular flexibility index (Phi) is 8.73. The van der Waals surface area contributed by atoms with E-state index in [1.54, 1.807) is 6.08 Å². The lowest BCUT2D eigenvalue weighted by atomic mass is 10.1. The first kappa shape index (κ1) is 20.5. The molecule has 2 rings (SSSR count). The van der Waals surface area contributed by atoms with E-state index in [0.717, 1.165) is 31.4 Å². The van der Waals surface area contributed by atoms with Crippen molar-refractivity contribution >= 4 is 5.97 Å². The predicted molar refractivity (Wildman–Crippen MR) is 103 cm³/mol. The number of fused-ring (bicyclic) bond motifs is 1. The molecular weight excluding hydrogens is 328 g/mol. The van der Waals surface area contributed by atoms with Gasteiger partial charge in [0.05, 0.1) is 0 Å². The number of aliphatic hydroxyl groups excluding tert-OH is 1. The average molecular weight is 360 g/mol. The molecule has 1 heterocycles. The quantitative estimate of drug-likeness (QED) is 0.400. The van der Waals surface area contributed by atoms with Gasteiger partial charge >= 0.3 is 5.97 Å². The summed E-state index contributed by atoms with van der Waals surface area (Å²) in [4.78, 5) is 10.6. The van der Waals surface area contributed by atoms with Crippen molar-refractivity contribution in [2.45, 2.75) is 89.8 Å². The molecule has 2 aliphatic rings. The van der Waals surface area contributed by atoms with Crippen molar-refractivity contribution in [1.82, 2.24) is 0 Å². The summed E-state index contributed by atoms with van der Waals surface area (Å²) in [6.07, 6.45) is 16.9. The monoisotopic (exact) mass is 360 g/mol. The van der Waals surface area contributed by atoms with Crippen LogP contribution in [-0.4, -0.2) is 28.4 Å². The SMILES string of the molecule is CCCCCCCC/C=C/C1=C2CC(=C=CCC(O)C(=O)O)OC2CC1. The van der Waals surface area contributed by atoms with E-state index in [-0.39, 0.29) is 12.5 Å². The van der Waals surface area contributed by atoms with Crippen LogP contribution >= 0.6 is 0 Å². The molecule has 0 aromatic rings. The summed E-state index contributed by atoms with van der Waals surface area (Å²) in [5, 5.41) is 17.9. The summed E-state index contributed by atoms with van der Waals surface area (Å²) in [6.45, 7) is 2.25. The molecule has 0 bridgehead atoms. The summed E-state index contributed by atoms with van der Waals surface area (Å²) in [6, 6.07) is 0. The summed E-state index contributed by atoms with van der Waals surface area (Å²) in [5.41, 5.74) is 5.74. The number of ether oxygens (including phenoxy) is 1. The van der Waals surface area contributed by atoms with E-state index in [9.17, 15) is 9.90 Å². The molecule has 1 aliphatic carbocycles. The number of aliphatic carboxylic acids is 1. The lowest BCUT2D eigenvalue weighted by Gasteiger charge is -2.03. The van der Waals surface area contributed by atoms with Gasteiger partial charge in [0, 0.05) is 12.8 Å². The number of carboxylic acids is 1. The Hall–Kier alpha value is -1.77. The molecule has 2 unspecified atom stereocenters. The number of rotatable bonds is 11. The summed E-state index contributed by atoms with van der Waals surface area (Å²) in [5.74, 6) is -0.457. The van der Waals surface area contributed by atoms with Crippen LogP contribution in [0.2, 0.25) is 0 Å². The van der Waals surface area contributed by atoms with Crippen molar-refractivity contribution in [2.24, 2.45) is 0 Å². The van der Waals surface area contributed by atoms with Gasteiger partial charge in [0.15, 0.2) is 6.10 Å². The van der Waals surface area contributed by atoms with Gasteiger partial charge in [0.1, 0.15) is 11.9 Å². The fraction of sp³-hybridized carbons (Fsp3) is 0.636. The third kappa shape index (κ3) is 6.51. The summed E-state index contributed by atoms with van der Waals surface area (Å²) in [7, 11) is 0. The molecule has 144 valence electrons. The van der Waals surface area contributed by atoms with Gasteiger partial charge in [-0.25, -0.2) is 4.79 Å². The maximum atomic E-state index is 10.6. The first-order valence-corrected chi connectivity index (χ1v) is 10.0. The van der Waals surface area contributed by atoms with Gasteiger partial charge in [-0.2, -0.15) is 0 Å². The van der Waals surface area contributed by atoms with Gasteiger partial charge in [-0.05, 0) is 42.9 Å². The number of allylic oxidation sites excluding steroid dienone is 3. The molecule has 0 saturated carbocycles. The van der Waals surface area contributed by atoms with Crippen LogP contribution in [0.15, 0.2) is 40.9 Å². The lowest BCUT2D eigenvalue weighted by Crippen LogP contribution is -2.17. The first-order valence-electron chi connectivity index (χ1n) is 10.0. The zero-order valence-corrected chi connectivity index (χ0v) is 15.9. The van der Waals surface area contributed by atoms with Crippen molar-refractivity contribution in [1.29, 1.82) is 0 Å². The smallest absolute Gasteiger partial charge is 0.332 e. The minimum Gasteiger partial charge on any atom is -0.482 e. The molecule has 1 aliphatic heterocycles. The number of unbranched alkanes of at least 4 members (excludes halogenated alkanes) is 6.